The molecular weight excluding hydrogens is 432 g/mol. The number of fused-ring (bicyclic) bond motifs is 4. The fourth-order valence-electron chi connectivity index (χ4n) is 5.74. The Morgan fingerprint density at radius 2 is 1.62 bits per heavy atom. The van der Waals surface area contributed by atoms with Gasteiger partial charge in [0.25, 0.3) is 0 Å². The maximum Gasteiger partial charge on any atom is 0.407 e. The summed E-state index contributed by atoms with van der Waals surface area (Å²) in [4.78, 5) is 38.0. The first-order chi connectivity index (χ1) is 16.5. The van der Waals surface area contributed by atoms with E-state index < -0.39 is 12.1 Å². The van der Waals surface area contributed by atoms with Crippen LogP contribution in [0.15, 0.2) is 48.5 Å². The van der Waals surface area contributed by atoms with E-state index in [0.717, 1.165) is 0 Å². The Morgan fingerprint density at radius 3 is 2.18 bits per heavy atom. The summed E-state index contributed by atoms with van der Waals surface area (Å²) in [6, 6.07) is 16.3. The molecule has 2 aromatic carbocycles. The van der Waals surface area contributed by atoms with Gasteiger partial charge >= 0.3 is 12.1 Å². The molecule has 0 spiro atoms. The largest absolute Gasteiger partial charge is 0.481 e. The van der Waals surface area contributed by atoms with Crippen molar-refractivity contribution in [2.45, 2.75) is 38.1 Å². The third-order valence-corrected chi connectivity index (χ3v) is 7.70. The highest BCUT2D eigenvalue weighted by Gasteiger charge is 2.60. The van der Waals surface area contributed by atoms with Crippen LogP contribution in [0.25, 0.3) is 11.1 Å². The quantitative estimate of drug-likeness (QED) is 0.621. The van der Waals surface area contributed by atoms with Crippen LogP contribution in [0.4, 0.5) is 4.79 Å². The minimum Gasteiger partial charge on any atom is -0.481 e. The molecule has 2 amide bonds. The molecule has 4 atom stereocenters. The molecule has 0 radical (unpaired) electrons. The second-order valence-corrected chi connectivity index (χ2v) is 9.60. The Labute approximate surface area is 199 Å². The van der Waals surface area contributed by atoms with Crippen molar-refractivity contribution in [2.24, 2.45) is 17.8 Å². The summed E-state index contributed by atoms with van der Waals surface area (Å²) in [7, 11) is 0. The maximum atomic E-state index is 12.6. The van der Waals surface area contributed by atoms with Crippen molar-refractivity contribution in [2.75, 3.05) is 19.7 Å². The number of hydrogen-bond acceptors (Lipinski definition) is 4. The minimum absolute atomic E-state index is 0.0102. The van der Waals surface area contributed by atoms with Crippen LogP contribution < -0.4 is 5.32 Å². The fraction of sp³-hybridized carbons (Fsp3) is 0.444. The molecule has 1 saturated carbocycles. The Morgan fingerprint density at radius 1 is 1.03 bits per heavy atom. The number of alkyl carbamates (subject to hydrolysis) is 1. The van der Waals surface area contributed by atoms with E-state index in [9.17, 15) is 14.4 Å². The lowest BCUT2D eigenvalue weighted by Crippen LogP contribution is -2.38. The fourth-order valence-corrected chi connectivity index (χ4v) is 5.74. The smallest absolute Gasteiger partial charge is 0.407 e. The molecule has 34 heavy (non-hydrogen) atoms. The third kappa shape index (κ3) is 4.15. The van der Waals surface area contributed by atoms with Gasteiger partial charge in [-0.1, -0.05) is 55.5 Å². The molecule has 2 N–H and O–H groups in total. The summed E-state index contributed by atoms with van der Waals surface area (Å²) in [6.45, 7) is 3.31. The number of rotatable bonds is 8. The molecule has 1 saturated heterocycles. The number of benzene rings is 2. The van der Waals surface area contributed by atoms with Crippen molar-refractivity contribution in [3.05, 3.63) is 59.7 Å². The van der Waals surface area contributed by atoms with Crippen LogP contribution >= 0.6 is 0 Å². The van der Waals surface area contributed by atoms with Gasteiger partial charge in [-0.3, -0.25) is 9.59 Å². The second-order valence-electron chi connectivity index (χ2n) is 9.60. The number of carbonyl (C=O) groups is 3. The van der Waals surface area contributed by atoms with Gasteiger partial charge in [-0.25, -0.2) is 4.79 Å². The van der Waals surface area contributed by atoms with Crippen molar-refractivity contribution in [3.63, 3.8) is 0 Å². The number of nitrogens with zero attached hydrogens (tertiary/aromatic N) is 1. The molecule has 1 heterocycles. The van der Waals surface area contributed by atoms with E-state index in [-0.39, 0.29) is 42.2 Å². The van der Waals surface area contributed by atoms with E-state index >= 15 is 0 Å². The van der Waals surface area contributed by atoms with Crippen LogP contribution in [0.1, 0.15) is 43.2 Å². The number of ether oxygens (including phenoxy) is 1. The highest BCUT2D eigenvalue weighted by atomic mass is 16.5. The zero-order chi connectivity index (χ0) is 23.8. The molecule has 2 fully saturated rings. The van der Waals surface area contributed by atoms with Crippen LogP contribution in [0.2, 0.25) is 0 Å². The molecule has 0 bridgehead atoms. The van der Waals surface area contributed by atoms with Gasteiger partial charge in [0.1, 0.15) is 6.61 Å². The molecular formula is C27H30N2O5. The van der Waals surface area contributed by atoms with Gasteiger partial charge < -0.3 is 20.1 Å². The summed E-state index contributed by atoms with van der Waals surface area (Å²) >= 11 is 0. The molecule has 2 unspecified atom stereocenters. The van der Waals surface area contributed by atoms with E-state index in [2.05, 4.69) is 29.6 Å². The summed E-state index contributed by atoms with van der Waals surface area (Å²) in [5, 5.41) is 12.0. The predicted molar refractivity (Wildman–Crippen MR) is 126 cm³/mol. The van der Waals surface area contributed by atoms with Crippen LogP contribution in [0.3, 0.4) is 0 Å². The molecule has 2 aromatic rings. The van der Waals surface area contributed by atoms with Crippen LogP contribution in [-0.4, -0.2) is 53.7 Å². The first kappa shape index (κ1) is 22.4. The van der Waals surface area contributed by atoms with Crippen molar-refractivity contribution < 1.29 is 24.2 Å². The van der Waals surface area contributed by atoms with Gasteiger partial charge in [0.2, 0.25) is 5.91 Å². The first-order valence-corrected chi connectivity index (χ1v) is 12.1. The second kappa shape index (κ2) is 9.12. The number of carbonyl (C=O) groups excluding carboxylic acids is 2. The molecule has 2 aliphatic carbocycles. The molecule has 1 aliphatic heterocycles. The lowest BCUT2D eigenvalue weighted by atomic mass is 9.98. The standard InChI is InChI=1S/C27H30N2O5/c1-2-16(11-12-24(30)29-13-21-22(14-29)25(21)26(31)32)28-27(33)34-15-23-19-9-5-3-7-17(19)18-8-4-6-10-20(18)23/h3-10,16,21-23,25H,2,11-15H2,1H3,(H,28,33)(H,31,32)/t16?,21-,22+,25?. The van der Waals surface area contributed by atoms with Gasteiger partial charge in [-0.05, 0) is 46.9 Å². The Balaban J connectivity index is 1.10. The molecule has 5 rings (SSSR count). The van der Waals surface area contributed by atoms with E-state index in [1.165, 1.54) is 22.3 Å². The van der Waals surface area contributed by atoms with E-state index in [1.807, 2.05) is 31.2 Å². The number of nitrogens with one attached hydrogen (secondary N) is 1. The van der Waals surface area contributed by atoms with Crippen molar-refractivity contribution >= 4 is 18.0 Å². The number of carboxylic acids is 1. The molecule has 0 aromatic heterocycles. The van der Waals surface area contributed by atoms with Crippen LogP contribution in [0, 0.1) is 17.8 Å². The zero-order valence-electron chi connectivity index (χ0n) is 19.3. The minimum atomic E-state index is -0.750. The molecule has 7 heteroatoms. The van der Waals surface area contributed by atoms with E-state index in [1.54, 1.807) is 4.90 Å². The van der Waals surface area contributed by atoms with Crippen molar-refractivity contribution in [3.8, 4) is 11.1 Å². The lowest BCUT2D eigenvalue weighted by molar-refractivity contribution is -0.141. The number of amides is 2. The van der Waals surface area contributed by atoms with Crippen molar-refractivity contribution in [1.82, 2.24) is 10.2 Å². The Kier molecular flexibility index (Phi) is 6.02. The van der Waals surface area contributed by atoms with E-state index in [4.69, 9.17) is 9.84 Å². The van der Waals surface area contributed by atoms with Gasteiger partial charge in [-0.2, -0.15) is 0 Å². The number of carboxylic acid groups (broad SMARTS) is 1. The highest BCUT2D eigenvalue weighted by Crippen LogP contribution is 2.51. The zero-order valence-corrected chi connectivity index (χ0v) is 19.3. The highest BCUT2D eigenvalue weighted by molar-refractivity contribution is 5.80. The SMILES string of the molecule is CCC(CCC(=O)N1C[C@@H]2C(C(=O)O)[C@@H]2C1)NC(=O)OCC1c2ccccc2-c2ccccc21. The monoisotopic (exact) mass is 462 g/mol. The van der Waals surface area contributed by atoms with Gasteiger partial charge in [0.15, 0.2) is 0 Å². The van der Waals surface area contributed by atoms with Gasteiger partial charge in [0, 0.05) is 31.5 Å². The summed E-state index contributed by atoms with van der Waals surface area (Å²) < 4.78 is 5.63. The number of piperidine rings is 1. The van der Waals surface area contributed by atoms with Crippen molar-refractivity contribution in [1.29, 1.82) is 0 Å². The van der Waals surface area contributed by atoms with Gasteiger partial charge in [0.05, 0.1) is 5.92 Å². The van der Waals surface area contributed by atoms with Crippen LogP contribution in [-0.2, 0) is 14.3 Å². The summed E-state index contributed by atoms with van der Waals surface area (Å²) in [5.74, 6) is -0.756. The molecule has 178 valence electrons. The topological polar surface area (TPSA) is 95.9 Å². The third-order valence-electron chi connectivity index (χ3n) is 7.70. The average Bonchev–Trinajstić information content (AvgIpc) is 3.20. The first-order valence-electron chi connectivity index (χ1n) is 12.1. The normalized spacial score (nSPS) is 23.0. The van der Waals surface area contributed by atoms with Gasteiger partial charge in [-0.15, -0.1) is 0 Å². The summed E-state index contributed by atoms with van der Waals surface area (Å²) in [5.41, 5.74) is 4.71. The molecule has 7 nitrogen and oxygen atoms in total. The number of hydrogen-bond donors (Lipinski definition) is 2. The lowest BCUT2D eigenvalue weighted by Gasteiger charge is -2.22. The number of aliphatic carboxylic acids is 1. The van der Waals surface area contributed by atoms with Crippen LogP contribution in [0.5, 0.6) is 0 Å². The predicted octanol–water partition coefficient (Wildman–Crippen LogP) is 3.87. The summed E-state index contributed by atoms with van der Waals surface area (Å²) in [6.07, 6.45) is 1.10. The molecule has 3 aliphatic rings. The average molecular weight is 463 g/mol. The van der Waals surface area contributed by atoms with E-state index in [0.29, 0.717) is 32.4 Å². The Hall–Kier alpha value is -3.35. The Bertz CT molecular complexity index is 1060. The maximum absolute atomic E-state index is 12.6. The number of likely N-dealkylation sites (tertiary alicyclic amines) is 1.